The summed E-state index contributed by atoms with van der Waals surface area (Å²) in [5.74, 6) is 0. The average molecular weight is 274 g/mol. The van der Waals surface area contributed by atoms with E-state index in [1.807, 2.05) is 36.5 Å². The molecular formula is C14H18N4O2. The van der Waals surface area contributed by atoms with Gasteiger partial charge in [0.15, 0.2) is 0 Å². The number of likely N-dealkylation sites (N-methyl/N-ethyl adjacent to an activating group) is 1. The highest BCUT2D eigenvalue weighted by atomic mass is 16.3. The van der Waals surface area contributed by atoms with Gasteiger partial charge in [-0.3, -0.25) is 0 Å². The maximum absolute atomic E-state index is 11.6. The Morgan fingerprint density at radius 3 is 2.75 bits per heavy atom. The number of aromatic nitrogens is 2. The third-order valence-corrected chi connectivity index (χ3v) is 2.93. The Morgan fingerprint density at radius 1 is 1.40 bits per heavy atom. The predicted octanol–water partition coefficient (Wildman–Crippen LogP) is 1.01. The first-order chi connectivity index (χ1) is 9.70. The van der Waals surface area contributed by atoms with Crippen molar-refractivity contribution in [1.82, 2.24) is 20.0 Å². The minimum atomic E-state index is -0.199. The van der Waals surface area contributed by atoms with E-state index in [0.29, 0.717) is 13.1 Å². The summed E-state index contributed by atoms with van der Waals surface area (Å²) in [6, 6.07) is 9.46. The van der Waals surface area contributed by atoms with E-state index < -0.39 is 0 Å². The summed E-state index contributed by atoms with van der Waals surface area (Å²) in [6.45, 7) is 0.737. The zero-order chi connectivity index (χ0) is 14.4. The zero-order valence-electron chi connectivity index (χ0n) is 11.4. The molecule has 2 N–H and O–H groups in total. The Kier molecular flexibility index (Phi) is 4.73. The first kappa shape index (κ1) is 14.1. The van der Waals surface area contributed by atoms with Crippen LogP contribution in [0.4, 0.5) is 4.79 Å². The molecule has 106 valence electrons. The molecule has 0 bridgehead atoms. The minimum Gasteiger partial charge on any atom is -0.395 e. The number of hydrogen-bond donors (Lipinski definition) is 2. The molecule has 1 heterocycles. The Morgan fingerprint density at radius 2 is 2.15 bits per heavy atom. The summed E-state index contributed by atoms with van der Waals surface area (Å²) in [4.78, 5) is 13.1. The third-order valence-electron chi connectivity index (χ3n) is 2.93. The molecule has 0 unspecified atom stereocenters. The Labute approximate surface area is 117 Å². The number of amides is 2. The second-order valence-corrected chi connectivity index (χ2v) is 4.42. The third kappa shape index (κ3) is 3.58. The molecule has 0 spiro atoms. The average Bonchev–Trinajstić information content (AvgIpc) is 2.99. The van der Waals surface area contributed by atoms with Crippen LogP contribution in [0.2, 0.25) is 0 Å². The van der Waals surface area contributed by atoms with Crippen LogP contribution in [0.1, 0.15) is 5.56 Å². The molecular weight excluding hydrogens is 256 g/mol. The van der Waals surface area contributed by atoms with Crippen LogP contribution in [0, 0.1) is 0 Å². The predicted molar refractivity (Wildman–Crippen MR) is 75.5 cm³/mol. The van der Waals surface area contributed by atoms with E-state index in [9.17, 15) is 4.79 Å². The summed E-state index contributed by atoms with van der Waals surface area (Å²) >= 11 is 0. The van der Waals surface area contributed by atoms with Crippen molar-refractivity contribution in [3.63, 3.8) is 0 Å². The van der Waals surface area contributed by atoms with Crippen molar-refractivity contribution in [2.75, 3.05) is 20.2 Å². The van der Waals surface area contributed by atoms with E-state index in [1.54, 1.807) is 17.9 Å². The number of nitrogens with zero attached hydrogens (tertiary/aromatic N) is 3. The molecule has 1 aromatic heterocycles. The van der Waals surface area contributed by atoms with Gasteiger partial charge >= 0.3 is 6.03 Å². The maximum Gasteiger partial charge on any atom is 0.317 e. The highest BCUT2D eigenvalue weighted by molar-refractivity contribution is 5.73. The molecule has 0 aliphatic carbocycles. The fourth-order valence-corrected chi connectivity index (χ4v) is 1.75. The summed E-state index contributed by atoms with van der Waals surface area (Å²) in [5.41, 5.74) is 1.98. The van der Waals surface area contributed by atoms with Gasteiger partial charge in [0.1, 0.15) is 0 Å². The van der Waals surface area contributed by atoms with Crippen LogP contribution in [-0.4, -0.2) is 46.0 Å². The van der Waals surface area contributed by atoms with E-state index in [2.05, 4.69) is 10.4 Å². The van der Waals surface area contributed by atoms with Crippen LogP contribution < -0.4 is 5.32 Å². The lowest BCUT2D eigenvalue weighted by molar-refractivity contribution is 0.190. The highest BCUT2D eigenvalue weighted by Crippen LogP contribution is 2.08. The molecule has 6 nitrogen and oxygen atoms in total. The smallest absolute Gasteiger partial charge is 0.317 e. The highest BCUT2D eigenvalue weighted by Gasteiger charge is 2.06. The molecule has 0 atom stereocenters. The van der Waals surface area contributed by atoms with Crippen LogP contribution in [0.3, 0.4) is 0 Å². The van der Waals surface area contributed by atoms with Crippen LogP contribution in [0.5, 0.6) is 0 Å². The molecule has 0 saturated heterocycles. The molecule has 0 aliphatic heterocycles. The van der Waals surface area contributed by atoms with Crippen molar-refractivity contribution in [2.24, 2.45) is 0 Å². The molecule has 0 fully saturated rings. The van der Waals surface area contributed by atoms with Crippen molar-refractivity contribution < 1.29 is 9.90 Å². The summed E-state index contributed by atoms with van der Waals surface area (Å²) in [6.07, 6.45) is 3.60. The standard InChI is InChI=1S/C14H18N4O2/c1-17(9-10-19)14(20)15-11-12-3-5-13(6-4-12)18-8-2-7-16-18/h2-8,19H,9-11H2,1H3,(H,15,20). The molecule has 2 aromatic rings. The minimum absolute atomic E-state index is 0.0392. The first-order valence-corrected chi connectivity index (χ1v) is 6.39. The van der Waals surface area contributed by atoms with Crippen LogP contribution in [-0.2, 0) is 6.54 Å². The van der Waals surface area contributed by atoms with Gasteiger partial charge in [0.2, 0.25) is 0 Å². The Bertz CT molecular complexity index is 537. The number of carbonyl (C=O) groups excluding carboxylic acids is 1. The molecule has 2 amide bonds. The van der Waals surface area contributed by atoms with E-state index in [0.717, 1.165) is 11.3 Å². The number of hydrogen-bond acceptors (Lipinski definition) is 3. The largest absolute Gasteiger partial charge is 0.395 e. The molecule has 6 heteroatoms. The number of aliphatic hydroxyl groups excluding tert-OH is 1. The fourth-order valence-electron chi connectivity index (χ4n) is 1.75. The number of urea groups is 1. The second kappa shape index (κ2) is 6.72. The van der Waals surface area contributed by atoms with Gasteiger partial charge in [-0.05, 0) is 23.8 Å². The molecule has 0 radical (unpaired) electrons. The monoisotopic (exact) mass is 274 g/mol. The molecule has 0 aliphatic rings. The van der Waals surface area contributed by atoms with Gasteiger partial charge < -0.3 is 15.3 Å². The maximum atomic E-state index is 11.6. The lowest BCUT2D eigenvalue weighted by atomic mass is 10.2. The molecule has 2 rings (SSSR count). The van der Waals surface area contributed by atoms with E-state index in [1.165, 1.54) is 4.90 Å². The number of aliphatic hydroxyl groups is 1. The van der Waals surface area contributed by atoms with Crippen molar-refractivity contribution >= 4 is 6.03 Å². The van der Waals surface area contributed by atoms with Gasteiger partial charge in [0, 0.05) is 32.5 Å². The van der Waals surface area contributed by atoms with Gasteiger partial charge in [-0.15, -0.1) is 0 Å². The summed E-state index contributed by atoms with van der Waals surface area (Å²) in [5, 5.41) is 15.7. The van der Waals surface area contributed by atoms with Crippen molar-refractivity contribution in [3.8, 4) is 5.69 Å². The molecule has 1 aromatic carbocycles. The van der Waals surface area contributed by atoms with Gasteiger partial charge in [-0.2, -0.15) is 5.10 Å². The summed E-state index contributed by atoms with van der Waals surface area (Å²) in [7, 11) is 1.65. The number of nitrogens with one attached hydrogen (secondary N) is 1. The van der Waals surface area contributed by atoms with E-state index in [-0.39, 0.29) is 12.6 Å². The van der Waals surface area contributed by atoms with Gasteiger partial charge in [-0.1, -0.05) is 12.1 Å². The topological polar surface area (TPSA) is 70.4 Å². The van der Waals surface area contributed by atoms with Gasteiger partial charge in [0.25, 0.3) is 0 Å². The van der Waals surface area contributed by atoms with E-state index in [4.69, 9.17) is 5.11 Å². The number of carbonyl (C=O) groups is 1. The summed E-state index contributed by atoms with van der Waals surface area (Å²) < 4.78 is 1.78. The Balaban J connectivity index is 1.90. The molecule has 0 saturated carbocycles. The number of rotatable bonds is 5. The van der Waals surface area contributed by atoms with Crippen LogP contribution in [0.25, 0.3) is 5.69 Å². The van der Waals surface area contributed by atoms with Crippen molar-refractivity contribution in [2.45, 2.75) is 6.54 Å². The SMILES string of the molecule is CN(CCO)C(=O)NCc1ccc(-n2cccn2)cc1. The van der Waals surface area contributed by atoms with Crippen molar-refractivity contribution in [3.05, 3.63) is 48.3 Å². The Hall–Kier alpha value is -2.34. The van der Waals surface area contributed by atoms with Gasteiger partial charge in [-0.25, -0.2) is 9.48 Å². The number of benzene rings is 1. The lowest BCUT2D eigenvalue weighted by Crippen LogP contribution is -2.38. The second-order valence-electron chi connectivity index (χ2n) is 4.42. The van der Waals surface area contributed by atoms with Crippen LogP contribution in [0.15, 0.2) is 42.7 Å². The van der Waals surface area contributed by atoms with E-state index >= 15 is 0 Å². The normalized spacial score (nSPS) is 10.3. The lowest BCUT2D eigenvalue weighted by Gasteiger charge is -2.16. The van der Waals surface area contributed by atoms with Crippen molar-refractivity contribution in [1.29, 1.82) is 0 Å². The first-order valence-electron chi connectivity index (χ1n) is 6.39. The zero-order valence-corrected chi connectivity index (χ0v) is 11.4. The van der Waals surface area contributed by atoms with Crippen LogP contribution >= 0.6 is 0 Å². The quantitative estimate of drug-likeness (QED) is 0.854. The van der Waals surface area contributed by atoms with Gasteiger partial charge in [0.05, 0.1) is 12.3 Å². The molecule has 20 heavy (non-hydrogen) atoms. The fraction of sp³-hybridized carbons (Fsp3) is 0.286.